The van der Waals surface area contributed by atoms with Crippen LogP contribution in [0.15, 0.2) is 35.6 Å². The van der Waals surface area contributed by atoms with E-state index >= 15 is 0 Å². The predicted molar refractivity (Wildman–Crippen MR) is 121 cm³/mol. The molecule has 7 heteroatoms. The van der Waals surface area contributed by atoms with Crippen molar-refractivity contribution in [3.8, 4) is 0 Å². The van der Waals surface area contributed by atoms with E-state index in [-0.39, 0.29) is 5.91 Å². The minimum Gasteiger partial charge on any atom is -0.353 e. The Morgan fingerprint density at radius 2 is 2.07 bits per heavy atom. The van der Waals surface area contributed by atoms with Crippen molar-refractivity contribution in [3.63, 3.8) is 0 Å². The zero-order valence-electron chi connectivity index (χ0n) is 16.3. The van der Waals surface area contributed by atoms with Crippen molar-refractivity contribution in [2.24, 2.45) is 0 Å². The number of pyridine rings is 1. The van der Waals surface area contributed by atoms with Gasteiger partial charge >= 0.3 is 0 Å². The van der Waals surface area contributed by atoms with E-state index < -0.39 is 0 Å². The van der Waals surface area contributed by atoms with Crippen molar-refractivity contribution in [1.82, 2.24) is 20.3 Å². The van der Waals surface area contributed by atoms with Gasteiger partial charge in [0.25, 0.3) is 0 Å². The van der Waals surface area contributed by atoms with Gasteiger partial charge in [-0.15, -0.1) is 11.3 Å². The highest BCUT2D eigenvalue weighted by Crippen LogP contribution is 2.37. The molecule has 0 radical (unpaired) electrons. The summed E-state index contributed by atoms with van der Waals surface area (Å²) in [5.74, 6) is 0.472. The van der Waals surface area contributed by atoms with Crippen LogP contribution in [0.4, 0.5) is 0 Å². The van der Waals surface area contributed by atoms with Crippen LogP contribution >= 0.6 is 23.1 Å². The van der Waals surface area contributed by atoms with Crippen LogP contribution in [0, 0.1) is 6.92 Å². The lowest BCUT2D eigenvalue weighted by Gasteiger charge is -2.22. The molecule has 5 rings (SSSR count). The van der Waals surface area contributed by atoms with Gasteiger partial charge in [0.1, 0.15) is 16.2 Å². The largest absolute Gasteiger partial charge is 0.353 e. The Bertz CT molecular complexity index is 1210. The molecular formula is C22H22N4OS2. The van der Waals surface area contributed by atoms with Crippen LogP contribution in [0.5, 0.6) is 0 Å². The van der Waals surface area contributed by atoms with Gasteiger partial charge in [0.15, 0.2) is 0 Å². The molecule has 5 nitrogen and oxygen atoms in total. The van der Waals surface area contributed by atoms with Crippen LogP contribution < -0.4 is 5.32 Å². The Balaban J connectivity index is 1.42. The molecule has 1 aromatic carbocycles. The lowest BCUT2D eigenvalue weighted by molar-refractivity contribution is -0.119. The van der Waals surface area contributed by atoms with Gasteiger partial charge in [0, 0.05) is 16.8 Å². The normalized spacial score (nSPS) is 15.3. The Morgan fingerprint density at radius 3 is 2.93 bits per heavy atom. The number of hydrogen-bond acceptors (Lipinski definition) is 6. The van der Waals surface area contributed by atoms with Crippen molar-refractivity contribution in [1.29, 1.82) is 0 Å². The quantitative estimate of drug-likeness (QED) is 0.360. The Kier molecular flexibility index (Phi) is 5.09. The van der Waals surface area contributed by atoms with Crippen LogP contribution in [0.1, 0.15) is 37.7 Å². The fraction of sp³-hybridized carbons (Fsp3) is 0.364. The van der Waals surface area contributed by atoms with Crippen molar-refractivity contribution in [2.45, 2.75) is 50.1 Å². The summed E-state index contributed by atoms with van der Waals surface area (Å²) in [7, 11) is 0. The number of aromatic nitrogens is 3. The number of hydrogen-bond donors (Lipinski definition) is 1. The molecule has 3 aromatic heterocycles. The number of rotatable bonds is 4. The number of thioether (sulfide) groups is 1. The molecule has 0 unspecified atom stereocenters. The van der Waals surface area contributed by atoms with E-state index in [0.29, 0.717) is 11.8 Å². The maximum Gasteiger partial charge on any atom is 0.230 e. The van der Waals surface area contributed by atoms with Gasteiger partial charge in [-0.2, -0.15) is 0 Å². The highest BCUT2D eigenvalue weighted by atomic mass is 32.2. The molecule has 29 heavy (non-hydrogen) atoms. The van der Waals surface area contributed by atoms with Gasteiger partial charge in [-0.3, -0.25) is 4.79 Å². The zero-order chi connectivity index (χ0) is 19.8. The predicted octanol–water partition coefficient (Wildman–Crippen LogP) is 5.24. The molecule has 1 amide bonds. The standard InChI is InChI=1S/C22H22N4OS2/c1-13-7-8-14-10-16-19-20(29-21(16)26-17(14)9-13)22(24-12-23-19)28-11-18(27)25-15-5-3-2-4-6-15/h7-10,12,15H,2-6,11H2,1H3,(H,25,27). The number of nitrogens with one attached hydrogen (secondary N) is 1. The topological polar surface area (TPSA) is 67.8 Å². The first-order valence-electron chi connectivity index (χ1n) is 10.0. The van der Waals surface area contributed by atoms with E-state index in [4.69, 9.17) is 4.98 Å². The Morgan fingerprint density at radius 1 is 1.21 bits per heavy atom. The third-order valence-electron chi connectivity index (χ3n) is 5.47. The first-order chi connectivity index (χ1) is 14.2. The number of carbonyl (C=O) groups excluding carboxylic acids is 1. The van der Waals surface area contributed by atoms with Crippen LogP contribution in [0.2, 0.25) is 0 Å². The summed E-state index contributed by atoms with van der Waals surface area (Å²) < 4.78 is 1.01. The molecule has 3 heterocycles. The van der Waals surface area contributed by atoms with Gasteiger partial charge < -0.3 is 5.32 Å². The van der Waals surface area contributed by atoms with Gasteiger partial charge in [0.2, 0.25) is 5.91 Å². The summed E-state index contributed by atoms with van der Waals surface area (Å²) in [6.07, 6.45) is 7.51. The summed E-state index contributed by atoms with van der Waals surface area (Å²) in [5, 5.41) is 6.20. The molecule has 0 saturated heterocycles. The first kappa shape index (κ1) is 18.8. The van der Waals surface area contributed by atoms with E-state index in [1.54, 1.807) is 17.7 Å². The molecule has 0 atom stereocenters. The van der Waals surface area contributed by atoms with Crippen molar-refractivity contribution >= 4 is 60.3 Å². The number of carbonyl (C=O) groups is 1. The molecule has 0 spiro atoms. The second kappa shape index (κ2) is 7.88. The molecule has 1 saturated carbocycles. The maximum absolute atomic E-state index is 12.4. The van der Waals surface area contributed by atoms with Crippen molar-refractivity contribution in [3.05, 3.63) is 36.2 Å². The number of fused-ring (bicyclic) bond motifs is 4. The molecule has 4 aromatic rings. The van der Waals surface area contributed by atoms with Crippen LogP contribution in [0.25, 0.3) is 31.3 Å². The molecule has 1 aliphatic rings. The second-order valence-corrected chi connectivity index (χ2v) is 9.65. The van der Waals surface area contributed by atoms with Crippen LogP contribution in [-0.2, 0) is 4.79 Å². The van der Waals surface area contributed by atoms with Crippen LogP contribution in [-0.4, -0.2) is 32.7 Å². The molecule has 148 valence electrons. The summed E-state index contributed by atoms with van der Waals surface area (Å²) >= 11 is 3.10. The fourth-order valence-corrected chi connectivity index (χ4v) is 6.00. The SMILES string of the molecule is Cc1ccc2cc3c(nc2c1)sc1c(SCC(=O)NC2CCCCC2)ncnc13. The molecule has 1 fully saturated rings. The average Bonchev–Trinajstić information content (AvgIpc) is 3.09. The summed E-state index contributed by atoms with van der Waals surface area (Å²) in [6.45, 7) is 2.08. The van der Waals surface area contributed by atoms with E-state index in [2.05, 4.69) is 46.5 Å². The summed E-state index contributed by atoms with van der Waals surface area (Å²) in [5.41, 5.74) is 3.12. The van der Waals surface area contributed by atoms with E-state index in [0.717, 1.165) is 49.2 Å². The Labute approximate surface area is 177 Å². The smallest absolute Gasteiger partial charge is 0.230 e. The zero-order valence-corrected chi connectivity index (χ0v) is 17.9. The monoisotopic (exact) mass is 422 g/mol. The second-order valence-electron chi connectivity index (χ2n) is 7.69. The molecule has 0 aliphatic heterocycles. The number of benzene rings is 1. The number of amides is 1. The molecule has 0 bridgehead atoms. The summed E-state index contributed by atoms with van der Waals surface area (Å²) in [6, 6.07) is 8.81. The van der Waals surface area contributed by atoms with Gasteiger partial charge in [0.05, 0.1) is 21.5 Å². The number of thiophene rings is 1. The van der Waals surface area contributed by atoms with Gasteiger partial charge in [-0.1, -0.05) is 43.2 Å². The average molecular weight is 423 g/mol. The van der Waals surface area contributed by atoms with Crippen LogP contribution in [0.3, 0.4) is 0 Å². The van der Waals surface area contributed by atoms with Gasteiger partial charge in [-0.05, 0) is 37.5 Å². The minimum absolute atomic E-state index is 0.0918. The third kappa shape index (κ3) is 3.81. The molecule has 1 N–H and O–H groups in total. The fourth-order valence-electron chi connectivity index (χ4n) is 4.00. The van der Waals surface area contributed by atoms with E-state index in [1.165, 1.54) is 36.6 Å². The molecular weight excluding hydrogens is 400 g/mol. The highest BCUT2D eigenvalue weighted by Gasteiger charge is 2.18. The third-order valence-corrected chi connectivity index (χ3v) is 7.69. The number of aryl methyl sites for hydroxylation is 1. The highest BCUT2D eigenvalue weighted by molar-refractivity contribution is 8.00. The number of nitrogens with zero attached hydrogens (tertiary/aromatic N) is 3. The lowest BCUT2D eigenvalue weighted by atomic mass is 9.95. The minimum atomic E-state index is 0.0918. The first-order valence-corrected chi connectivity index (χ1v) is 11.8. The lowest BCUT2D eigenvalue weighted by Crippen LogP contribution is -2.37. The maximum atomic E-state index is 12.4. The van der Waals surface area contributed by atoms with Crippen molar-refractivity contribution < 1.29 is 4.79 Å². The molecule has 1 aliphatic carbocycles. The van der Waals surface area contributed by atoms with Crippen molar-refractivity contribution in [2.75, 3.05) is 5.75 Å². The van der Waals surface area contributed by atoms with E-state index in [9.17, 15) is 4.79 Å². The van der Waals surface area contributed by atoms with E-state index in [1.807, 2.05) is 0 Å². The Hall–Kier alpha value is -2.25. The summed E-state index contributed by atoms with van der Waals surface area (Å²) in [4.78, 5) is 27.2. The van der Waals surface area contributed by atoms with Gasteiger partial charge in [-0.25, -0.2) is 15.0 Å².